The predicted octanol–water partition coefficient (Wildman–Crippen LogP) is 5.70. The Morgan fingerprint density at radius 2 is 1.61 bits per heavy atom. The Morgan fingerprint density at radius 3 is 2.32 bits per heavy atom. The molecule has 0 unspecified atom stereocenters. The number of nitrogens with zero attached hydrogens (tertiary/aromatic N) is 1. The second kappa shape index (κ2) is 6.71. The van der Waals surface area contributed by atoms with Crippen LogP contribution in [0.3, 0.4) is 0 Å². The monoisotopic (exact) mass is 373 g/mol. The molecule has 0 spiro atoms. The van der Waals surface area contributed by atoms with Gasteiger partial charge in [0.15, 0.2) is 0 Å². The van der Waals surface area contributed by atoms with Crippen molar-refractivity contribution >= 4 is 21.5 Å². The third kappa shape index (κ3) is 2.64. The van der Waals surface area contributed by atoms with Crippen molar-refractivity contribution in [2.24, 2.45) is 0 Å². The van der Waals surface area contributed by atoms with Crippen LogP contribution in [0, 0.1) is 20.8 Å². The van der Waals surface area contributed by atoms with Gasteiger partial charge < -0.3 is 14.6 Å². The maximum absolute atomic E-state index is 11.2. The zero-order valence-electron chi connectivity index (χ0n) is 16.8. The fraction of sp³-hybridized carbons (Fsp3) is 0.208. The van der Waals surface area contributed by atoms with E-state index in [9.17, 15) is 5.11 Å². The van der Waals surface area contributed by atoms with Crippen LogP contribution in [0.2, 0.25) is 0 Å². The lowest BCUT2D eigenvalue weighted by molar-refractivity contribution is 0.405. The molecule has 0 amide bonds. The molecule has 0 aliphatic carbocycles. The van der Waals surface area contributed by atoms with Gasteiger partial charge in [-0.25, -0.2) is 0 Å². The summed E-state index contributed by atoms with van der Waals surface area (Å²) < 4.78 is 11.2. The first-order valence-electron chi connectivity index (χ1n) is 9.20. The van der Waals surface area contributed by atoms with Gasteiger partial charge in [-0.1, -0.05) is 18.2 Å². The van der Waals surface area contributed by atoms with Crippen molar-refractivity contribution in [3.8, 4) is 28.4 Å². The number of hydrogen-bond donors (Lipinski definition) is 1. The molecule has 1 N–H and O–H groups in total. The minimum Gasteiger partial charge on any atom is -0.507 e. The molecule has 4 aromatic rings. The normalized spacial score (nSPS) is 11.2. The van der Waals surface area contributed by atoms with E-state index < -0.39 is 0 Å². The summed E-state index contributed by atoms with van der Waals surface area (Å²) in [7, 11) is 3.31. The van der Waals surface area contributed by atoms with Gasteiger partial charge in [0.25, 0.3) is 0 Å². The number of fused-ring (bicyclic) bond motifs is 2. The fourth-order valence-electron chi connectivity index (χ4n) is 4.12. The number of aromatic nitrogens is 1. The van der Waals surface area contributed by atoms with Gasteiger partial charge in [-0.15, -0.1) is 0 Å². The third-order valence-electron chi connectivity index (χ3n) is 5.27. The molecule has 0 radical (unpaired) electrons. The SMILES string of the molecule is COc1cccc2c(-c3ccc4cc(C)nc(C)c4c3O)c(C)cc(OC)c12. The number of ether oxygens (including phenoxy) is 2. The number of rotatable bonds is 3. The number of aryl methyl sites for hydroxylation is 3. The van der Waals surface area contributed by atoms with E-state index in [1.807, 2.05) is 63.2 Å². The van der Waals surface area contributed by atoms with Gasteiger partial charge in [0.2, 0.25) is 0 Å². The van der Waals surface area contributed by atoms with Gasteiger partial charge in [-0.2, -0.15) is 0 Å². The Bertz CT molecular complexity index is 1230. The van der Waals surface area contributed by atoms with Gasteiger partial charge >= 0.3 is 0 Å². The van der Waals surface area contributed by atoms with Crippen LogP contribution in [-0.4, -0.2) is 24.3 Å². The van der Waals surface area contributed by atoms with E-state index in [0.717, 1.165) is 61.1 Å². The molecule has 4 heteroatoms. The molecule has 0 aliphatic rings. The zero-order valence-corrected chi connectivity index (χ0v) is 16.8. The average Bonchev–Trinajstić information content (AvgIpc) is 2.67. The van der Waals surface area contributed by atoms with E-state index in [2.05, 4.69) is 4.98 Å². The zero-order chi connectivity index (χ0) is 20.0. The molecule has 1 aromatic heterocycles. The van der Waals surface area contributed by atoms with Gasteiger partial charge in [-0.05, 0) is 66.9 Å². The van der Waals surface area contributed by atoms with Gasteiger partial charge in [0.05, 0.1) is 19.6 Å². The molecule has 0 aliphatic heterocycles. The lowest BCUT2D eigenvalue weighted by Crippen LogP contribution is -1.95. The first-order valence-corrected chi connectivity index (χ1v) is 9.20. The van der Waals surface area contributed by atoms with Crippen molar-refractivity contribution in [2.75, 3.05) is 14.2 Å². The van der Waals surface area contributed by atoms with Gasteiger partial charge in [0, 0.05) is 22.3 Å². The van der Waals surface area contributed by atoms with Crippen molar-refractivity contribution in [2.45, 2.75) is 20.8 Å². The van der Waals surface area contributed by atoms with Crippen LogP contribution in [0.4, 0.5) is 0 Å². The first kappa shape index (κ1) is 18.1. The Hall–Kier alpha value is -3.27. The van der Waals surface area contributed by atoms with Gasteiger partial charge in [-0.3, -0.25) is 4.98 Å². The van der Waals surface area contributed by atoms with E-state index in [-0.39, 0.29) is 5.75 Å². The molecule has 0 saturated heterocycles. The molecule has 0 saturated carbocycles. The molecule has 0 fully saturated rings. The van der Waals surface area contributed by atoms with Crippen LogP contribution in [0.5, 0.6) is 17.2 Å². The number of pyridine rings is 1. The van der Waals surface area contributed by atoms with E-state index in [1.165, 1.54) is 0 Å². The van der Waals surface area contributed by atoms with E-state index in [1.54, 1.807) is 14.2 Å². The Morgan fingerprint density at radius 1 is 0.857 bits per heavy atom. The Labute approximate surface area is 164 Å². The summed E-state index contributed by atoms with van der Waals surface area (Å²) in [6.07, 6.45) is 0. The molecule has 4 rings (SSSR count). The second-order valence-corrected chi connectivity index (χ2v) is 7.06. The summed E-state index contributed by atoms with van der Waals surface area (Å²) in [6.45, 7) is 5.92. The molecule has 0 bridgehead atoms. The molecule has 3 aromatic carbocycles. The summed E-state index contributed by atoms with van der Waals surface area (Å²) in [5.41, 5.74) is 4.52. The molecule has 4 nitrogen and oxygen atoms in total. The van der Waals surface area contributed by atoms with Crippen molar-refractivity contribution in [1.29, 1.82) is 0 Å². The highest BCUT2D eigenvalue weighted by Crippen LogP contribution is 2.46. The quantitative estimate of drug-likeness (QED) is 0.500. The lowest BCUT2D eigenvalue weighted by Gasteiger charge is -2.18. The smallest absolute Gasteiger partial charge is 0.133 e. The van der Waals surface area contributed by atoms with E-state index >= 15 is 0 Å². The molecule has 142 valence electrons. The summed E-state index contributed by atoms with van der Waals surface area (Å²) >= 11 is 0. The fourth-order valence-corrected chi connectivity index (χ4v) is 4.12. The maximum Gasteiger partial charge on any atom is 0.133 e. The number of phenolic OH excluding ortho intramolecular Hbond substituents is 1. The van der Waals surface area contributed by atoms with Crippen molar-refractivity contribution < 1.29 is 14.6 Å². The predicted molar refractivity (Wildman–Crippen MR) is 114 cm³/mol. The third-order valence-corrected chi connectivity index (χ3v) is 5.27. The van der Waals surface area contributed by atoms with Crippen molar-refractivity contribution in [3.63, 3.8) is 0 Å². The minimum atomic E-state index is 0.250. The number of phenols is 1. The highest BCUT2D eigenvalue weighted by Gasteiger charge is 2.19. The van der Waals surface area contributed by atoms with Crippen LogP contribution in [0.1, 0.15) is 17.0 Å². The number of aromatic hydroxyl groups is 1. The average molecular weight is 373 g/mol. The first-order chi connectivity index (χ1) is 13.5. The van der Waals surface area contributed by atoms with Crippen LogP contribution in [0.25, 0.3) is 32.7 Å². The van der Waals surface area contributed by atoms with Crippen LogP contribution in [0.15, 0.2) is 42.5 Å². The molecular weight excluding hydrogens is 350 g/mol. The maximum atomic E-state index is 11.2. The topological polar surface area (TPSA) is 51.6 Å². The Balaban J connectivity index is 2.13. The van der Waals surface area contributed by atoms with E-state index in [4.69, 9.17) is 9.47 Å². The van der Waals surface area contributed by atoms with Gasteiger partial charge in [0.1, 0.15) is 17.2 Å². The molecule has 1 heterocycles. The van der Waals surface area contributed by atoms with E-state index in [0.29, 0.717) is 0 Å². The van der Waals surface area contributed by atoms with Crippen molar-refractivity contribution in [3.05, 3.63) is 59.4 Å². The molecule has 28 heavy (non-hydrogen) atoms. The molecular formula is C24H23NO3. The largest absolute Gasteiger partial charge is 0.507 e. The van der Waals surface area contributed by atoms with Crippen LogP contribution >= 0.6 is 0 Å². The summed E-state index contributed by atoms with van der Waals surface area (Å²) in [5.74, 6) is 1.74. The Kier molecular flexibility index (Phi) is 4.34. The summed E-state index contributed by atoms with van der Waals surface area (Å²) in [5, 5.41) is 14.9. The highest BCUT2D eigenvalue weighted by molar-refractivity contribution is 6.08. The van der Waals surface area contributed by atoms with Crippen LogP contribution < -0.4 is 9.47 Å². The van der Waals surface area contributed by atoms with Crippen molar-refractivity contribution in [1.82, 2.24) is 4.98 Å². The standard InChI is InChI=1S/C24H23NO3/c1-13-11-20(28-5)23-17(7-6-8-19(23)27-4)21(13)18-10-9-16-12-14(2)25-15(3)22(16)24(18)26/h6-12,26H,1-5H3. The molecule has 0 atom stereocenters. The highest BCUT2D eigenvalue weighted by atomic mass is 16.5. The second-order valence-electron chi connectivity index (χ2n) is 7.06. The summed E-state index contributed by atoms with van der Waals surface area (Å²) in [6, 6.07) is 13.9. The number of hydrogen-bond acceptors (Lipinski definition) is 4. The minimum absolute atomic E-state index is 0.250. The van der Waals surface area contributed by atoms with Crippen LogP contribution in [-0.2, 0) is 0 Å². The number of benzene rings is 3. The number of methoxy groups -OCH3 is 2. The lowest BCUT2D eigenvalue weighted by atomic mass is 9.90. The summed E-state index contributed by atoms with van der Waals surface area (Å²) in [4.78, 5) is 4.54.